The number of esters is 1. The van der Waals surface area contributed by atoms with E-state index in [0.29, 0.717) is 0 Å². The Morgan fingerprint density at radius 2 is 1.90 bits per heavy atom. The number of fused-ring (bicyclic) bond motifs is 1. The van der Waals surface area contributed by atoms with Gasteiger partial charge in [-0.25, -0.2) is 0 Å². The number of hydrogen-bond acceptors (Lipinski definition) is 4. The summed E-state index contributed by atoms with van der Waals surface area (Å²) in [6.45, 7) is 1.46. The van der Waals surface area contributed by atoms with Crippen LogP contribution < -0.4 is 5.73 Å². The summed E-state index contributed by atoms with van der Waals surface area (Å²) < 4.78 is 4.89. The van der Waals surface area contributed by atoms with Gasteiger partial charge in [-0.3, -0.25) is 9.59 Å². The van der Waals surface area contributed by atoms with Crippen LogP contribution in [0, 0.1) is 0 Å². The fourth-order valence-electron chi connectivity index (χ4n) is 1.69. The van der Waals surface area contributed by atoms with Crippen LogP contribution in [0.5, 0.6) is 0 Å². The first kappa shape index (κ1) is 14.4. The van der Waals surface area contributed by atoms with E-state index in [0.717, 1.165) is 15.7 Å². The number of rotatable bonds is 5. The Hall–Kier alpha value is -2.01. The molecule has 2 aromatic carbocycles. The molecule has 1 atom stereocenters. The van der Waals surface area contributed by atoms with Crippen LogP contribution in [0.15, 0.2) is 47.4 Å². The predicted octanol–water partition coefficient (Wildman–Crippen LogP) is 2.35. The van der Waals surface area contributed by atoms with Gasteiger partial charge in [0.15, 0.2) is 6.10 Å². The van der Waals surface area contributed by atoms with E-state index in [-0.39, 0.29) is 5.75 Å². The number of amides is 1. The summed E-state index contributed by atoms with van der Waals surface area (Å²) in [5.74, 6) is -0.945. The maximum Gasteiger partial charge on any atom is 0.317 e. The second kappa shape index (κ2) is 6.43. The molecule has 0 radical (unpaired) electrons. The average Bonchev–Trinajstić information content (AvgIpc) is 2.44. The van der Waals surface area contributed by atoms with Gasteiger partial charge in [0.1, 0.15) is 0 Å². The molecule has 2 rings (SSSR count). The van der Waals surface area contributed by atoms with E-state index in [2.05, 4.69) is 0 Å². The molecule has 0 spiro atoms. The van der Waals surface area contributed by atoms with E-state index < -0.39 is 18.0 Å². The number of primary amides is 1. The second-order valence-electron chi connectivity index (χ2n) is 4.33. The molecule has 0 unspecified atom stereocenters. The molecular weight excluding hydrogens is 274 g/mol. The van der Waals surface area contributed by atoms with Crippen molar-refractivity contribution in [1.82, 2.24) is 0 Å². The van der Waals surface area contributed by atoms with Crippen molar-refractivity contribution in [3.8, 4) is 0 Å². The molecule has 0 saturated heterocycles. The first-order valence-corrected chi connectivity index (χ1v) is 7.15. The lowest BCUT2D eigenvalue weighted by molar-refractivity contribution is -0.151. The summed E-state index contributed by atoms with van der Waals surface area (Å²) in [6, 6.07) is 14.0. The number of hydrogen-bond donors (Lipinski definition) is 1. The summed E-state index contributed by atoms with van der Waals surface area (Å²) in [6.07, 6.45) is -0.889. The van der Waals surface area contributed by atoms with Gasteiger partial charge in [-0.1, -0.05) is 30.3 Å². The van der Waals surface area contributed by atoms with E-state index in [9.17, 15) is 9.59 Å². The molecule has 2 N–H and O–H groups in total. The van der Waals surface area contributed by atoms with Crippen molar-refractivity contribution >= 4 is 34.4 Å². The third-order valence-electron chi connectivity index (χ3n) is 2.79. The zero-order chi connectivity index (χ0) is 14.5. The van der Waals surface area contributed by atoms with Gasteiger partial charge in [-0.2, -0.15) is 0 Å². The van der Waals surface area contributed by atoms with E-state index in [1.54, 1.807) is 0 Å². The average molecular weight is 289 g/mol. The van der Waals surface area contributed by atoms with Crippen molar-refractivity contribution in [3.05, 3.63) is 42.5 Å². The molecular formula is C15H15NO3S. The summed E-state index contributed by atoms with van der Waals surface area (Å²) >= 11 is 1.37. The fraction of sp³-hybridized carbons (Fsp3) is 0.200. The van der Waals surface area contributed by atoms with Crippen LogP contribution >= 0.6 is 11.8 Å². The minimum Gasteiger partial charge on any atom is -0.452 e. The lowest BCUT2D eigenvalue weighted by atomic mass is 10.1. The molecule has 5 heteroatoms. The van der Waals surface area contributed by atoms with Crippen LogP contribution in [0.2, 0.25) is 0 Å². The minimum absolute atomic E-state index is 0.149. The van der Waals surface area contributed by atoms with E-state index in [4.69, 9.17) is 10.5 Å². The van der Waals surface area contributed by atoms with Gasteiger partial charge < -0.3 is 10.5 Å². The van der Waals surface area contributed by atoms with Gasteiger partial charge in [0.05, 0.1) is 5.75 Å². The van der Waals surface area contributed by atoms with Gasteiger partial charge in [0.2, 0.25) is 0 Å². The first-order valence-electron chi connectivity index (χ1n) is 6.16. The number of thioether (sulfide) groups is 1. The lowest BCUT2D eigenvalue weighted by Crippen LogP contribution is -2.30. The highest BCUT2D eigenvalue weighted by Gasteiger charge is 2.14. The van der Waals surface area contributed by atoms with Gasteiger partial charge >= 0.3 is 5.97 Å². The van der Waals surface area contributed by atoms with Crippen molar-refractivity contribution in [3.63, 3.8) is 0 Å². The molecule has 0 bridgehead atoms. The summed E-state index contributed by atoms with van der Waals surface area (Å²) in [5.41, 5.74) is 5.03. The van der Waals surface area contributed by atoms with Crippen LogP contribution in [-0.4, -0.2) is 23.7 Å². The quantitative estimate of drug-likeness (QED) is 0.677. The Morgan fingerprint density at radius 1 is 1.20 bits per heavy atom. The molecule has 104 valence electrons. The highest BCUT2D eigenvalue weighted by molar-refractivity contribution is 8.00. The third kappa shape index (κ3) is 3.74. The first-order chi connectivity index (χ1) is 9.56. The molecule has 1 amide bonds. The maximum atomic E-state index is 11.5. The zero-order valence-electron chi connectivity index (χ0n) is 11.0. The summed E-state index contributed by atoms with van der Waals surface area (Å²) in [7, 11) is 0. The number of ether oxygens (including phenoxy) is 1. The van der Waals surface area contributed by atoms with Crippen molar-refractivity contribution in [2.24, 2.45) is 5.73 Å². The standard InChI is InChI=1S/C15H15NO3S/c1-10(15(16)18)19-14(17)9-20-13-7-6-11-4-2-3-5-12(11)8-13/h2-8,10H,9H2,1H3,(H2,16,18)/t10-/m0/s1. The normalized spacial score (nSPS) is 12.1. The van der Waals surface area contributed by atoms with Crippen LogP contribution in [-0.2, 0) is 14.3 Å². The minimum atomic E-state index is -0.889. The van der Waals surface area contributed by atoms with Crippen LogP contribution in [0.4, 0.5) is 0 Å². The largest absolute Gasteiger partial charge is 0.452 e. The van der Waals surface area contributed by atoms with Gasteiger partial charge in [-0.05, 0) is 29.8 Å². The van der Waals surface area contributed by atoms with Gasteiger partial charge in [0, 0.05) is 4.90 Å². The Balaban J connectivity index is 1.95. The molecule has 0 aliphatic heterocycles. The molecule has 0 aliphatic rings. The summed E-state index contributed by atoms with van der Waals surface area (Å²) in [5, 5.41) is 2.28. The molecule has 0 fully saturated rings. The molecule has 0 saturated carbocycles. The van der Waals surface area contributed by atoms with Crippen molar-refractivity contribution in [2.75, 3.05) is 5.75 Å². The monoisotopic (exact) mass is 289 g/mol. The highest BCUT2D eigenvalue weighted by Crippen LogP contribution is 2.23. The zero-order valence-corrected chi connectivity index (χ0v) is 11.9. The van der Waals surface area contributed by atoms with E-state index in [1.165, 1.54) is 18.7 Å². The Labute approximate surface area is 121 Å². The van der Waals surface area contributed by atoms with Crippen molar-refractivity contribution in [2.45, 2.75) is 17.9 Å². The molecule has 4 nitrogen and oxygen atoms in total. The Morgan fingerprint density at radius 3 is 2.60 bits per heavy atom. The number of carbonyl (C=O) groups excluding carboxylic acids is 2. The fourth-order valence-corrected chi connectivity index (χ4v) is 2.42. The lowest BCUT2D eigenvalue weighted by Gasteiger charge is -2.09. The van der Waals surface area contributed by atoms with Crippen LogP contribution in [0.25, 0.3) is 10.8 Å². The van der Waals surface area contributed by atoms with Crippen LogP contribution in [0.1, 0.15) is 6.92 Å². The van der Waals surface area contributed by atoms with E-state index in [1.807, 2.05) is 42.5 Å². The SMILES string of the molecule is C[C@H](OC(=O)CSc1ccc2ccccc2c1)C(N)=O. The highest BCUT2D eigenvalue weighted by atomic mass is 32.2. The molecule has 0 aliphatic carbocycles. The molecule has 2 aromatic rings. The van der Waals surface area contributed by atoms with Gasteiger partial charge in [-0.15, -0.1) is 11.8 Å². The van der Waals surface area contributed by atoms with Crippen molar-refractivity contribution in [1.29, 1.82) is 0 Å². The molecule has 0 heterocycles. The van der Waals surface area contributed by atoms with E-state index >= 15 is 0 Å². The topological polar surface area (TPSA) is 69.4 Å². The third-order valence-corrected chi connectivity index (χ3v) is 3.75. The Kier molecular flexibility index (Phi) is 4.63. The van der Waals surface area contributed by atoms with Gasteiger partial charge in [0.25, 0.3) is 5.91 Å². The smallest absolute Gasteiger partial charge is 0.317 e. The molecule has 0 aromatic heterocycles. The second-order valence-corrected chi connectivity index (χ2v) is 5.38. The number of benzene rings is 2. The van der Waals surface area contributed by atoms with Crippen molar-refractivity contribution < 1.29 is 14.3 Å². The predicted molar refractivity (Wildman–Crippen MR) is 79.4 cm³/mol. The summed E-state index contributed by atoms with van der Waals surface area (Å²) in [4.78, 5) is 23.3. The maximum absolute atomic E-state index is 11.5. The number of nitrogens with two attached hydrogens (primary N) is 1. The Bertz CT molecular complexity index is 642. The molecule has 20 heavy (non-hydrogen) atoms. The van der Waals surface area contributed by atoms with Crippen LogP contribution in [0.3, 0.4) is 0 Å². The number of carbonyl (C=O) groups is 2.